The molecule has 0 aromatic carbocycles. The summed E-state index contributed by atoms with van der Waals surface area (Å²) in [5.41, 5.74) is 0.383. The molecule has 0 saturated heterocycles. The van der Waals surface area contributed by atoms with E-state index in [4.69, 9.17) is 0 Å². The van der Waals surface area contributed by atoms with Crippen molar-refractivity contribution in [1.82, 2.24) is 19.7 Å². The lowest BCUT2D eigenvalue weighted by Crippen LogP contribution is -2.23. The summed E-state index contributed by atoms with van der Waals surface area (Å²) in [5.74, 6) is 0.456. The minimum absolute atomic E-state index is 0.280. The molecule has 0 unspecified atom stereocenters. The summed E-state index contributed by atoms with van der Waals surface area (Å²) in [6, 6.07) is 1.75. The maximum absolute atomic E-state index is 11.3. The first-order valence-corrected chi connectivity index (χ1v) is 4.05. The Morgan fingerprint density at radius 1 is 1.57 bits per heavy atom. The van der Waals surface area contributed by atoms with Crippen molar-refractivity contribution in [2.24, 2.45) is 0 Å². The molecule has 0 bridgehead atoms. The molecule has 2 rings (SSSR count). The molecule has 0 aliphatic carbocycles. The third kappa shape index (κ3) is 1.68. The molecule has 2 aromatic heterocycles. The smallest absolute Gasteiger partial charge is 0.343 e. The lowest BCUT2D eigenvalue weighted by atomic mass is 10.4. The minimum atomic E-state index is -0.310. The molecule has 0 atom stereocenters. The topological polar surface area (TPSA) is 73.8 Å². The first-order chi connectivity index (χ1) is 6.75. The SMILES string of the molecule is Cc1ccn(Cc2ncon2)c(=O)n1. The summed E-state index contributed by atoms with van der Waals surface area (Å²) in [5, 5.41) is 3.60. The highest BCUT2D eigenvalue weighted by Gasteiger charge is 2.02. The van der Waals surface area contributed by atoms with Crippen molar-refractivity contribution >= 4 is 0 Å². The lowest BCUT2D eigenvalue weighted by molar-refractivity contribution is 0.407. The van der Waals surface area contributed by atoms with Crippen LogP contribution in [0.2, 0.25) is 0 Å². The van der Waals surface area contributed by atoms with Gasteiger partial charge in [0.2, 0.25) is 6.39 Å². The highest BCUT2D eigenvalue weighted by molar-refractivity contribution is 4.96. The Morgan fingerprint density at radius 2 is 2.43 bits per heavy atom. The molecular weight excluding hydrogens is 184 g/mol. The van der Waals surface area contributed by atoms with Gasteiger partial charge in [-0.1, -0.05) is 5.16 Å². The summed E-state index contributed by atoms with van der Waals surface area (Å²) < 4.78 is 5.97. The highest BCUT2D eigenvalue weighted by atomic mass is 16.5. The van der Waals surface area contributed by atoms with E-state index in [0.29, 0.717) is 11.5 Å². The van der Waals surface area contributed by atoms with E-state index in [2.05, 4.69) is 19.6 Å². The average molecular weight is 192 g/mol. The standard InChI is InChI=1S/C8H8N4O2/c1-6-2-3-12(8(13)10-6)4-7-9-5-14-11-7/h2-3,5H,4H2,1H3. The van der Waals surface area contributed by atoms with Crippen LogP contribution in [0.1, 0.15) is 11.5 Å². The molecule has 0 N–H and O–H groups in total. The summed E-state index contributed by atoms with van der Waals surface area (Å²) >= 11 is 0. The van der Waals surface area contributed by atoms with Gasteiger partial charge >= 0.3 is 5.69 Å². The molecule has 0 fully saturated rings. The number of nitrogens with zero attached hydrogens (tertiary/aromatic N) is 4. The molecule has 6 heteroatoms. The molecule has 6 nitrogen and oxygen atoms in total. The molecular formula is C8H8N4O2. The number of hydrogen-bond acceptors (Lipinski definition) is 5. The van der Waals surface area contributed by atoms with Crippen LogP contribution in [-0.4, -0.2) is 19.7 Å². The van der Waals surface area contributed by atoms with Gasteiger partial charge in [0, 0.05) is 11.9 Å². The number of hydrogen-bond donors (Lipinski definition) is 0. The van der Waals surface area contributed by atoms with Crippen molar-refractivity contribution in [2.75, 3.05) is 0 Å². The Balaban J connectivity index is 2.30. The second-order valence-corrected chi connectivity index (χ2v) is 2.83. The van der Waals surface area contributed by atoms with Gasteiger partial charge in [-0.3, -0.25) is 4.57 Å². The fraction of sp³-hybridized carbons (Fsp3) is 0.250. The molecule has 0 radical (unpaired) electrons. The zero-order chi connectivity index (χ0) is 9.97. The van der Waals surface area contributed by atoms with Crippen LogP contribution >= 0.6 is 0 Å². The zero-order valence-electron chi connectivity index (χ0n) is 7.54. The zero-order valence-corrected chi connectivity index (χ0v) is 7.54. The van der Waals surface area contributed by atoms with Crippen molar-refractivity contribution in [3.63, 3.8) is 0 Å². The summed E-state index contributed by atoms with van der Waals surface area (Å²) in [6.07, 6.45) is 2.88. The van der Waals surface area contributed by atoms with E-state index in [1.165, 1.54) is 11.0 Å². The monoisotopic (exact) mass is 192 g/mol. The molecule has 0 amide bonds. The first-order valence-electron chi connectivity index (χ1n) is 4.05. The van der Waals surface area contributed by atoms with E-state index >= 15 is 0 Å². The van der Waals surface area contributed by atoms with E-state index in [0.717, 1.165) is 0 Å². The van der Waals surface area contributed by atoms with Crippen LogP contribution < -0.4 is 5.69 Å². The normalized spacial score (nSPS) is 10.4. The van der Waals surface area contributed by atoms with E-state index in [9.17, 15) is 4.79 Å². The minimum Gasteiger partial charge on any atom is -0.343 e. The van der Waals surface area contributed by atoms with Gasteiger partial charge in [-0.25, -0.2) is 4.79 Å². The van der Waals surface area contributed by atoms with Crippen LogP contribution in [0.5, 0.6) is 0 Å². The summed E-state index contributed by atoms with van der Waals surface area (Å²) in [7, 11) is 0. The van der Waals surface area contributed by atoms with E-state index < -0.39 is 0 Å². The molecule has 0 aliphatic heterocycles. The molecule has 0 saturated carbocycles. The van der Waals surface area contributed by atoms with Crippen molar-refractivity contribution < 1.29 is 4.52 Å². The molecule has 14 heavy (non-hydrogen) atoms. The third-order valence-electron chi connectivity index (χ3n) is 1.73. The molecule has 0 spiro atoms. The predicted octanol–water partition coefficient (Wildman–Crippen LogP) is -0.0170. The van der Waals surface area contributed by atoms with Crippen molar-refractivity contribution in [3.05, 3.63) is 40.7 Å². The second kappa shape index (κ2) is 3.41. The van der Waals surface area contributed by atoms with Crippen molar-refractivity contribution in [2.45, 2.75) is 13.5 Å². The number of aryl methyl sites for hydroxylation is 1. The van der Waals surface area contributed by atoms with Gasteiger partial charge in [-0.15, -0.1) is 0 Å². The Hall–Kier alpha value is -1.98. The van der Waals surface area contributed by atoms with Gasteiger partial charge in [0.25, 0.3) is 0 Å². The fourth-order valence-corrected chi connectivity index (χ4v) is 1.05. The number of rotatable bonds is 2. The van der Waals surface area contributed by atoms with Crippen LogP contribution in [0.4, 0.5) is 0 Å². The second-order valence-electron chi connectivity index (χ2n) is 2.83. The van der Waals surface area contributed by atoms with E-state index in [1.807, 2.05) is 0 Å². The molecule has 0 aliphatic rings. The van der Waals surface area contributed by atoms with Crippen LogP contribution in [-0.2, 0) is 6.54 Å². The van der Waals surface area contributed by atoms with Crippen LogP contribution in [0, 0.1) is 6.92 Å². The Morgan fingerprint density at radius 3 is 3.07 bits per heavy atom. The quantitative estimate of drug-likeness (QED) is 0.668. The van der Waals surface area contributed by atoms with Gasteiger partial charge in [0.05, 0.1) is 6.54 Å². The summed E-state index contributed by atoms with van der Waals surface area (Å²) in [4.78, 5) is 18.9. The maximum atomic E-state index is 11.3. The molecule has 72 valence electrons. The van der Waals surface area contributed by atoms with Crippen LogP contribution in [0.15, 0.2) is 28.0 Å². The van der Waals surface area contributed by atoms with E-state index in [-0.39, 0.29) is 12.2 Å². The first kappa shape index (κ1) is 8.61. The van der Waals surface area contributed by atoms with Gasteiger partial charge in [0.15, 0.2) is 5.82 Å². The van der Waals surface area contributed by atoms with Gasteiger partial charge in [0.1, 0.15) is 0 Å². The van der Waals surface area contributed by atoms with Crippen molar-refractivity contribution in [3.8, 4) is 0 Å². The Bertz CT molecular complexity index is 474. The van der Waals surface area contributed by atoms with Crippen molar-refractivity contribution in [1.29, 1.82) is 0 Å². The molecule has 2 aromatic rings. The summed E-state index contributed by atoms with van der Waals surface area (Å²) in [6.45, 7) is 2.04. The fourth-order valence-electron chi connectivity index (χ4n) is 1.05. The lowest BCUT2D eigenvalue weighted by Gasteiger charge is -2.00. The highest BCUT2D eigenvalue weighted by Crippen LogP contribution is 1.92. The van der Waals surface area contributed by atoms with Crippen LogP contribution in [0.25, 0.3) is 0 Å². The Kier molecular flexibility index (Phi) is 2.10. The van der Waals surface area contributed by atoms with Crippen LogP contribution in [0.3, 0.4) is 0 Å². The number of aromatic nitrogens is 4. The molecule has 2 heterocycles. The average Bonchev–Trinajstić information content (AvgIpc) is 2.62. The maximum Gasteiger partial charge on any atom is 0.348 e. The predicted molar refractivity (Wildman–Crippen MR) is 46.6 cm³/mol. The Labute approximate surface area is 79.2 Å². The van der Waals surface area contributed by atoms with E-state index in [1.54, 1.807) is 19.2 Å². The van der Waals surface area contributed by atoms with Gasteiger partial charge in [-0.05, 0) is 13.0 Å². The van der Waals surface area contributed by atoms with Gasteiger partial charge < -0.3 is 4.52 Å². The third-order valence-corrected chi connectivity index (χ3v) is 1.73. The van der Waals surface area contributed by atoms with Gasteiger partial charge in [-0.2, -0.15) is 9.97 Å². The largest absolute Gasteiger partial charge is 0.348 e.